The van der Waals surface area contributed by atoms with Crippen molar-refractivity contribution in [3.8, 4) is 0 Å². The van der Waals surface area contributed by atoms with E-state index in [4.69, 9.17) is 9.15 Å². The molecular formula is C25H36N2O5S. The third-order valence-corrected chi connectivity index (χ3v) is 7.95. The maximum atomic E-state index is 13.3. The van der Waals surface area contributed by atoms with E-state index in [1.807, 2.05) is 12.1 Å². The molecule has 3 rings (SSSR count). The molecule has 1 aliphatic rings. The number of methoxy groups -OCH3 is 1. The Bertz CT molecular complexity index is 1050. The highest BCUT2D eigenvalue weighted by Crippen LogP contribution is 2.30. The smallest absolute Gasteiger partial charge is 0.342 e. The van der Waals surface area contributed by atoms with Crippen LogP contribution in [0.25, 0.3) is 0 Å². The van der Waals surface area contributed by atoms with E-state index in [-0.39, 0.29) is 22.0 Å². The molecule has 1 aliphatic carbocycles. The maximum Gasteiger partial charge on any atom is 0.342 e. The summed E-state index contributed by atoms with van der Waals surface area (Å²) in [5, 5.41) is 3.56. The highest BCUT2D eigenvalue weighted by molar-refractivity contribution is 7.92. The molecule has 7 nitrogen and oxygen atoms in total. The first-order valence-corrected chi connectivity index (χ1v) is 13.2. The number of aryl methyl sites for hydroxylation is 2. The lowest BCUT2D eigenvalue weighted by molar-refractivity contribution is 0.0595. The molecule has 33 heavy (non-hydrogen) atoms. The Balaban J connectivity index is 1.74. The van der Waals surface area contributed by atoms with Crippen LogP contribution in [0, 0.1) is 19.8 Å². The first-order valence-electron chi connectivity index (χ1n) is 11.7. The van der Waals surface area contributed by atoms with Gasteiger partial charge < -0.3 is 14.5 Å². The average Bonchev–Trinajstić information content (AvgIpc) is 2.92. The van der Waals surface area contributed by atoms with Gasteiger partial charge in [0.05, 0.1) is 12.8 Å². The van der Waals surface area contributed by atoms with Crippen molar-refractivity contribution in [2.45, 2.75) is 83.2 Å². The van der Waals surface area contributed by atoms with Gasteiger partial charge in [-0.05, 0) is 44.7 Å². The van der Waals surface area contributed by atoms with Gasteiger partial charge in [0.2, 0.25) is 0 Å². The Kier molecular flexibility index (Phi) is 8.59. The van der Waals surface area contributed by atoms with Crippen LogP contribution in [-0.4, -0.2) is 27.5 Å². The molecule has 0 amide bonds. The molecule has 2 aromatic rings. The van der Waals surface area contributed by atoms with Gasteiger partial charge in [0.1, 0.15) is 22.0 Å². The summed E-state index contributed by atoms with van der Waals surface area (Å²) in [6.45, 7) is 5.81. The number of hydrogen-bond donors (Lipinski definition) is 2. The molecule has 1 saturated carbocycles. The molecule has 1 fully saturated rings. The number of hydrogen-bond acceptors (Lipinski definition) is 6. The SMILES string of the molecule is COC(=O)c1c(C)oc(C)c1S(=O)(=O)Nc1ccccc1CN[C@@H](C)CC1CCCCCC1. The zero-order valence-corrected chi connectivity index (χ0v) is 20.9. The van der Waals surface area contributed by atoms with Crippen molar-refractivity contribution in [3.63, 3.8) is 0 Å². The molecular weight excluding hydrogens is 440 g/mol. The topological polar surface area (TPSA) is 97.6 Å². The summed E-state index contributed by atoms with van der Waals surface area (Å²) < 4.78 is 39.4. The van der Waals surface area contributed by atoms with Crippen LogP contribution in [0.1, 0.15) is 79.3 Å². The van der Waals surface area contributed by atoms with E-state index in [1.165, 1.54) is 52.6 Å². The molecule has 0 aliphatic heterocycles. The molecule has 0 radical (unpaired) electrons. The number of esters is 1. The normalized spacial score (nSPS) is 16.2. The maximum absolute atomic E-state index is 13.3. The van der Waals surface area contributed by atoms with E-state index in [1.54, 1.807) is 19.1 Å². The summed E-state index contributed by atoms with van der Waals surface area (Å²) in [7, 11) is -2.86. The highest BCUT2D eigenvalue weighted by atomic mass is 32.2. The number of ether oxygens (including phenoxy) is 1. The van der Waals surface area contributed by atoms with Crippen molar-refractivity contribution in [1.29, 1.82) is 0 Å². The van der Waals surface area contributed by atoms with Crippen molar-refractivity contribution in [3.05, 3.63) is 46.9 Å². The van der Waals surface area contributed by atoms with Gasteiger partial charge in [0.25, 0.3) is 10.0 Å². The van der Waals surface area contributed by atoms with Crippen molar-refractivity contribution in [2.75, 3.05) is 11.8 Å². The zero-order valence-electron chi connectivity index (χ0n) is 20.1. The zero-order chi connectivity index (χ0) is 24.0. The molecule has 0 spiro atoms. The summed E-state index contributed by atoms with van der Waals surface area (Å²) in [4.78, 5) is 12.0. The van der Waals surface area contributed by atoms with E-state index >= 15 is 0 Å². The van der Waals surface area contributed by atoms with Crippen molar-refractivity contribution < 1.29 is 22.4 Å². The van der Waals surface area contributed by atoms with Crippen LogP contribution in [0.3, 0.4) is 0 Å². The Morgan fingerprint density at radius 2 is 1.79 bits per heavy atom. The quantitative estimate of drug-likeness (QED) is 0.375. The van der Waals surface area contributed by atoms with Crippen LogP contribution in [0.15, 0.2) is 33.6 Å². The summed E-state index contributed by atoms with van der Waals surface area (Å²) >= 11 is 0. The molecule has 1 aromatic heterocycles. The van der Waals surface area contributed by atoms with Crippen molar-refractivity contribution in [1.82, 2.24) is 5.32 Å². The Morgan fingerprint density at radius 3 is 2.45 bits per heavy atom. The number of carbonyl (C=O) groups is 1. The fourth-order valence-electron chi connectivity index (χ4n) is 4.76. The monoisotopic (exact) mass is 476 g/mol. The van der Waals surface area contributed by atoms with Gasteiger partial charge >= 0.3 is 5.97 Å². The van der Waals surface area contributed by atoms with Crippen LogP contribution < -0.4 is 10.0 Å². The van der Waals surface area contributed by atoms with Gasteiger partial charge in [-0.25, -0.2) is 13.2 Å². The lowest BCUT2D eigenvalue weighted by Crippen LogP contribution is -2.28. The number of sulfonamides is 1. The minimum Gasteiger partial charge on any atom is -0.465 e. The second-order valence-electron chi connectivity index (χ2n) is 9.05. The second kappa shape index (κ2) is 11.2. The predicted octanol–water partition coefficient (Wildman–Crippen LogP) is 5.32. The van der Waals surface area contributed by atoms with E-state index in [9.17, 15) is 13.2 Å². The molecule has 0 bridgehead atoms. The first kappa shape index (κ1) is 25.3. The molecule has 2 N–H and O–H groups in total. The minimum absolute atomic E-state index is 0.0740. The largest absolute Gasteiger partial charge is 0.465 e. The average molecular weight is 477 g/mol. The molecule has 8 heteroatoms. The Labute approximate surface area is 197 Å². The highest BCUT2D eigenvalue weighted by Gasteiger charge is 2.32. The number of rotatable bonds is 9. The van der Waals surface area contributed by atoms with E-state index < -0.39 is 16.0 Å². The van der Waals surface area contributed by atoms with Crippen LogP contribution in [-0.2, 0) is 21.3 Å². The number of furan rings is 1. The van der Waals surface area contributed by atoms with Gasteiger partial charge in [0, 0.05) is 12.6 Å². The van der Waals surface area contributed by atoms with Gasteiger partial charge in [-0.1, -0.05) is 56.7 Å². The Hall–Kier alpha value is -2.32. The number of anilines is 1. The van der Waals surface area contributed by atoms with Crippen molar-refractivity contribution >= 4 is 21.7 Å². The minimum atomic E-state index is -4.07. The fraction of sp³-hybridized carbons (Fsp3) is 0.560. The molecule has 0 unspecified atom stereocenters. The third kappa shape index (κ3) is 6.38. The van der Waals surface area contributed by atoms with Crippen LogP contribution in [0.4, 0.5) is 5.69 Å². The molecule has 1 heterocycles. The van der Waals surface area contributed by atoms with Gasteiger partial charge in [-0.3, -0.25) is 4.72 Å². The van der Waals surface area contributed by atoms with Crippen LogP contribution >= 0.6 is 0 Å². The fourth-order valence-corrected chi connectivity index (χ4v) is 6.27. The van der Waals surface area contributed by atoms with Gasteiger partial charge in [-0.15, -0.1) is 0 Å². The predicted molar refractivity (Wildman–Crippen MR) is 129 cm³/mol. The standard InChI is InChI=1S/C25H36N2O5S/c1-17(15-20-11-7-5-6-8-12-20)26-16-21-13-9-10-14-22(21)27-33(29,30)24-19(3)32-18(2)23(24)25(28)31-4/h9-10,13-14,17,20,26-27H,5-8,11-12,15-16H2,1-4H3/t17-/m0/s1. The number of nitrogens with one attached hydrogen (secondary N) is 2. The number of para-hydroxylation sites is 1. The molecule has 1 atom stereocenters. The van der Waals surface area contributed by atoms with E-state index in [0.29, 0.717) is 18.3 Å². The van der Waals surface area contributed by atoms with E-state index in [2.05, 4.69) is 17.0 Å². The molecule has 1 aromatic carbocycles. The van der Waals surface area contributed by atoms with Gasteiger partial charge in [-0.2, -0.15) is 0 Å². The molecule has 182 valence electrons. The number of carbonyl (C=O) groups excluding carboxylic acids is 1. The van der Waals surface area contributed by atoms with Gasteiger partial charge in [0.15, 0.2) is 0 Å². The van der Waals surface area contributed by atoms with Crippen molar-refractivity contribution in [2.24, 2.45) is 5.92 Å². The summed E-state index contributed by atoms with van der Waals surface area (Å²) in [5.41, 5.74) is 1.24. The summed E-state index contributed by atoms with van der Waals surface area (Å²) in [5.74, 6) is 0.370. The third-order valence-electron chi connectivity index (χ3n) is 6.43. The van der Waals surface area contributed by atoms with E-state index in [0.717, 1.165) is 17.9 Å². The molecule has 0 saturated heterocycles. The second-order valence-corrected chi connectivity index (χ2v) is 10.7. The summed E-state index contributed by atoms with van der Waals surface area (Å²) in [6.07, 6.45) is 9.07. The Morgan fingerprint density at radius 1 is 1.12 bits per heavy atom. The number of benzene rings is 1. The first-order chi connectivity index (χ1) is 15.7. The lowest BCUT2D eigenvalue weighted by atomic mass is 9.93. The lowest BCUT2D eigenvalue weighted by Gasteiger charge is -2.21. The van der Waals surface area contributed by atoms with Crippen LogP contribution in [0.5, 0.6) is 0 Å². The van der Waals surface area contributed by atoms with Crippen LogP contribution in [0.2, 0.25) is 0 Å². The summed E-state index contributed by atoms with van der Waals surface area (Å²) in [6, 6.07) is 7.63.